The van der Waals surface area contributed by atoms with Gasteiger partial charge in [0.15, 0.2) is 11.5 Å². The number of carbonyl (C=O) groups is 3. The second-order valence-electron chi connectivity index (χ2n) is 7.87. The number of nitrogens with one attached hydrogen (secondary N) is 1. The highest BCUT2D eigenvalue weighted by Crippen LogP contribution is 2.38. The van der Waals surface area contributed by atoms with E-state index in [9.17, 15) is 14.4 Å². The number of benzene rings is 3. The molecule has 3 aromatic rings. The van der Waals surface area contributed by atoms with E-state index >= 15 is 0 Å². The van der Waals surface area contributed by atoms with Gasteiger partial charge in [0.05, 0.1) is 27.9 Å². The van der Waals surface area contributed by atoms with Crippen LogP contribution in [-0.4, -0.2) is 25.0 Å². The van der Waals surface area contributed by atoms with Gasteiger partial charge in [-0.1, -0.05) is 53.0 Å². The Morgan fingerprint density at radius 1 is 0.944 bits per heavy atom. The minimum absolute atomic E-state index is 0.141. The average Bonchev–Trinajstić information content (AvgIpc) is 2.83. The van der Waals surface area contributed by atoms with Gasteiger partial charge in [-0.3, -0.25) is 14.9 Å². The molecule has 0 unspecified atom stereocenters. The van der Waals surface area contributed by atoms with Crippen LogP contribution in [0, 0.1) is 6.92 Å². The van der Waals surface area contributed by atoms with Gasteiger partial charge in [0, 0.05) is 0 Å². The van der Waals surface area contributed by atoms with Crippen LogP contribution in [0.15, 0.2) is 60.2 Å². The van der Waals surface area contributed by atoms with Crippen molar-refractivity contribution in [3.63, 3.8) is 0 Å². The number of hydrogen-bond donors (Lipinski definition) is 1. The molecular formula is C26H19Cl3N2O5. The van der Waals surface area contributed by atoms with Gasteiger partial charge < -0.3 is 9.47 Å². The summed E-state index contributed by atoms with van der Waals surface area (Å²) in [7, 11) is 1.44. The number of carbonyl (C=O) groups excluding carboxylic acids is 3. The highest BCUT2D eigenvalue weighted by Gasteiger charge is 2.37. The molecule has 0 aliphatic carbocycles. The number of halogens is 3. The molecule has 0 spiro atoms. The molecule has 4 amide bonds. The first-order valence-electron chi connectivity index (χ1n) is 10.6. The summed E-state index contributed by atoms with van der Waals surface area (Å²) < 4.78 is 11.3. The Balaban J connectivity index is 1.64. The molecular weight excluding hydrogens is 527 g/mol. The number of aryl methyl sites for hydroxylation is 1. The fourth-order valence-corrected chi connectivity index (χ4v) is 4.17. The highest BCUT2D eigenvalue weighted by atomic mass is 35.5. The summed E-state index contributed by atoms with van der Waals surface area (Å²) in [6, 6.07) is 14.2. The summed E-state index contributed by atoms with van der Waals surface area (Å²) in [5.41, 5.74) is 2.12. The van der Waals surface area contributed by atoms with Gasteiger partial charge in [-0.15, -0.1) is 0 Å². The summed E-state index contributed by atoms with van der Waals surface area (Å²) in [5.74, 6) is -1.03. The molecule has 1 fully saturated rings. The zero-order chi connectivity index (χ0) is 26.0. The molecule has 0 aromatic heterocycles. The topological polar surface area (TPSA) is 84.9 Å². The number of urea groups is 1. The Labute approximate surface area is 222 Å². The summed E-state index contributed by atoms with van der Waals surface area (Å²) in [6.45, 7) is 1.97. The second-order valence-corrected chi connectivity index (χ2v) is 9.09. The van der Waals surface area contributed by atoms with Crippen LogP contribution < -0.4 is 19.7 Å². The van der Waals surface area contributed by atoms with E-state index in [-0.39, 0.29) is 28.7 Å². The van der Waals surface area contributed by atoms with Crippen LogP contribution in [0.3, 0.4) is 0 Å². The maximum absolute atomic E-state index is 13.1. The van der Waals surface area contributed by atoms with Gasteiger partial charge in [-0.25, -0.2) is 9.69 Å². The van der Waals surface area contributed by atoms with Crippen LogP contribution in [0.4, 0.5) is 10.5 Å². The molecule has 1 N–H and O–H groups in total. The molecule has 0 bridgehead atoms. The van der Waals surface area contributed by atoms with E-state index in [1.807, 2.05) is 13.0 Å². The van der Waals surface area contributed by atoms with Crippen LogP contribution in [-0.2, 0) is 16.2 Å². The third-order valence-electron chi connectivity index (χ3n) is 5.29. The summed E-state index contributed by atoms with van der Waals surface area (Å²) in [4.78, 5) is 39.0. The third kappa shape index (κ3) is 5.33. The predicted octanol–water partition coefficient (Wildman–Crippen LogP) is 6.21. The number of methoxy groups -OCH3 is 1. The highest BCUT2D eigenvalue weighted by molar-refractivity contribution is 6.42. The zero-order valence-corrected chi connectivity index (χ0v) is 21.4. The Morgan fingerprint density at radius 2 is 1.72 bits per heavy atom. The van der Waals surface area contributed by atoms with Crippen molar-refractivity contribution in [1.29, 1.82) is 0 Å². The molecule has 7 nitrogen and oxygen atoms in total. The Hall–Kier alpha value is -3.52. The second kappa shape index (κ2) is 10.6. The summed E-state index contributed by atoms with van der Waals surface area (Å²) >= 11 is 18.5. The van der Waals surface area contributed by atoms with Gasteiger partial charge in [0.25, 0.3) is 11.8 Å². The molecule has 36 heavy (non-hydrogen) atoms. The Kier molecular flexibility index (Phi) is 7.54. The number of anilines is 1. The summed E-state index contributed by atoms with van der Waals surface area (Å²) in [6.07, 6.45) is 1.34. The van der Waals surface area contributed by atoms with Gasteiger partial charge in [0.1, 0.15) is 12.2 Å². The van der Waals surface area contributed by atoms with Crippen molar-refractivity contribution in [2.45, 2.75) is 13.5 Å². The molecule has 0 saturated carbocycles. The van der Waals surface area contributed by atoms with Crippen molar-refractivity contribution in [1.82, 2.24) is 5.32 Å². The number of barbiturate groups is 1. The quantitative estimate of drug-likeness (QED) is 0.294. The smallest absolute Gasteiger partial charge is 0.335 e. The Bertz CT molecular complexity index is 1420. The van der Waals surface area contributed by atoms with E-state index in [0.29, 0.717) is 21.3 Å². The van der Waals surface area contributed by atoms with Crippen LogP contribution in [0.25, 0.3) is 6.08 Å². The van der Waals surface area contributed by atoms with Crippen molar-refractivity contribution >= 4 is 64.4 Å². The van der Waals surface area contributed by atoms with Crippen molar-refractivity contribution < 1.29 is 23.9 Å². The number of nitrogens with zero attached hydrogens (tertiary/aromatic N) is 1. The number of hydrogen-bond acceptors (Lipinski definition) is 5. The molecule has 4 rings (SSSR count). The maximum Gasteiger partial charge on any atom is 0.335 e. The van der Waals surface area contributed by atoms with Crippen molar-refractivity contribution in [2.75, 3.05) is 12.0 Å². The molecule has 1 aliphatic rings. The lowest BCUT2D eigenvalue weighted by Crippen LogP contribution is -2.54. The largest absolute Gasteiger partial charge is 0.493 e. The number of amides is 4. The first-order valence-corrected chi connectivity index (χ1v) is 11.7. The molecule has 0 atom stereocenters. The van der Waals surface area contributed by atoms with Gasteiger partial charge >= 0.3 is 6.03 Å². The van der Waals surface area contributed by atoms with Crippen molar-refractivity contribution in [2.24, 2.45) is 0 Å². The van der Waals surface area contributed by atoms with E-state index in [2.05, 4.69) is 5.32 Å². The first-order chi connectivity index (χ1) is 17.2. The minimum Gasteiger partial charge on any atom is -0.493 e. The lowest BCUT2D eigenvalue weighted by molar-refractivity contribution is -0.122. The van der Waals surface area contributed by atoms with Crippen molar-refractivity contribution in [3.8, 4) is 11.5 Å². The van der Waals surface area contributed by atoms with Crippen LogP contribution >= 0.6 is 34.8 Å². The third-order valence-corrected chi connectivity index (χ3v) is 6.31. The normalized spacial score (nSPS) is 14.8. The molecule has 184 valence electrons. The summed E-state index contributed by atoms with van der Waals surface area (Å²) in [5, 5.41) is 3.21. The van der Waals surface area contributed by atoms with E-state index < -0.39 is 17.8 Å². The minimum atomic E-state index is -0.825. The lowest BCUT2D eigenvalue weighted by Gasteiger charge is -2.26. The number of ether oxygens (including phenoxy) is 2. The maximum atomic E-state index is 13.1. The van der Waals surface area contributed by atoms with E-state index in [1.165, 1.54) is 19.3 Å². The van der Waals surface area contributed by atoms with E-state index in [0.717, 1.165) is 16.0 Å². The molecule has 1 aliphatic heterocycles. The van der Waals surface area contributed by atoms with Crippen molar-refractivity contribution in [3.05, 3.63) is 91.9 Å². The van der Waals surface area contributed by atoms with Crippen LogP contribution in [0.5, 0.6) is 11.5 Å². The molecule has 0 radical (unpaired) electrons. The van der Waals surface area contributed by atoms with E-state index in [4.69, 9.17) is 44.3 Å². The molecule has 3 aromatic carbocycles. The predicted molar refractivity (Wildman–Crippen MR) is 139 cm³/mol. The fraction of sp³-hybridized carbons (Fsp3) is 0.115. The SMILES string of the molecule is COc1cc(/C=C2\C(=O)NC(=O)N(c3cccc(C)c3)C2=O)cc(Cl)c1OCc1ccc(Cl)c(Cl)c1. The monoisotopic (exact) mass is 544 g/mol. The number of imide groups is 2. The Morgan fingerprint density at radius 3 is 2.42 bits per heavy atom. The van der Waals surface area contributed by atoms with Crippen LogP contribution in [0.2, 0.25) is 15.1 Å². The van der Waals surface area contributed by atoms with E-state index in [1.54, 1.807) is 42.5 Å². The first kappa shape index (κ1) is 25.6. The standard InChI is InChI=1S/C26H19Cl3N2O5/c1-14-4-3-5-17(8-14)31-25(33)18(24(32)30-26(31)34)9-16-11-21(29)23(22(12-16)35-2)36-13-15-6-7-19(27)20(28)10-15/h3-12H,13H2,1-2H3,(H,30,32,34)/b18-9+. The molecule has 1 saturated heterocycles. The van der Waals surface area contributed by atoms with Gasteiger partial charge in [0.2, 0.25) is 0 Å². The molecule has 1 heterocycles. The fourth-order valence-electron chi connectivity index (χ4n) is 3.57. The average molecular weight is 546 g/mol. The van der Waals surface area contributed by atoms with Crippen LogP contribution in [0.1, 0.15) is 16.7 Å². The zero-order valence-electron chi connectivity index (χ0n) is 19.1. The van der Waals surface area contributed by atoms with Gasteiger partial charge in [-0.2, -0.15) is 0 Å². The number of rotatable bonds is 6. The van der Waals surface area contributed by atoms with Gasteiger partial charge in [-0.05, 0) is 66.1 Å². The lowest BCUT2D eigenvalue weighted by atomic mass is 10.1. The molecule has 10 heteroatoms.